The minimum Gasteiger partial charge on any atom is -0.361 e. The number of nitrogens with one attached hydrogen (secondary N) is 1. The summed E-state index contributed by atoms with van der Waals surface area (Å²) >= 11 is 0. The summed E-state index contributed by atoms with van der Waals surface area (Å²) in [5.41, 5.74) is 2.32. The van der Waals surface area contributed by atoms with Gasteiger partial charge in [-0.25, -0.2) is 0 Å². The van der Waals surface area contributed by atoms with Gasteiger partial charge >= 0.3 is 0 Å². The molecule has 2 aliphatic rings. The molecule has 2 fully saturated rings. The Kier molecular flexibility index (Phi) is 6.19. The van der Waals surface area contributed by atoms with Crippen molar-refractivity contribution >= 4 is 22.7 Å². The third kappa shape index (κ3) is 4.64. The van der Waals surface area contributed by atoms with Crippen molar-refractivity contribution in [2.24, 2.45) is 0 Å². The minimum absolute atomic E-state index is 0.214. The van der Waals surface area contributed by atoms with Gasteiger partial charge in [0, 0.05) is 62.3 Å². The molecule has 0 bridgehead atoms. The highest BCUT2D eigenvalue weighted by molar-refractivity contribution is 5.84. The van der Waals surface area contributed by atoms with Crippen molar-refractivity contribution in [2.45, 2.75) is 45.1 Å². The normalized spacial score (nSPS) is 20.9. The topological polar surface area (TPSA) is 59.7 Å². The van der Waals surface area contributed by atoms with Crippen LogP contribution in [0.25, 0.3) is 10.9 Å². The van der Waals surface area contributed by atoms with Crippen LogP contribution in [-0.4, -0.2) is 76.8 Å². The van der Waals surface area contributed by atoms with Crippen LogP contribution in [0.5, 0.6) is 0 Å². The van der Waals surface area contributed by atoms with Gasteiger partial charge in [0.05, 0.1) is 6.54 Å². The summed E-state index contributed by atoms with van der Waals surface area (Å²) < 4.78 is 0. The average molecular weight is 397 g/mol. The van der Waals surface area contributed by atoms with Crippen molar-refractivity contribution in [2.75, 3.05) is 39.3 Å². The van der Waals surface area contributed by atoms with Gasteiger partial charge in [-0.1, -0.05) is 18.2 Å². The molecule has 2 amide bonds. The number of aromatic nitrogens is 1. The number of para-hydroxylation sites is 1. The summed E-state index contributed by atoms with van der Waals surface area (Å²) in [6, 6.07) is 8.58. The van der Waals surface area contributed by atoms with Crippen LogP contribution in [0.1, 0.15) is 38.2 Å². The Morgan fingerprint density at radius 1 is 1.03 bits per heavy atom. The largest absolute Gasteiger partial charge is 0.361 e. The van der Waals surface area contributed by atoms with Gasteiger partial charge in [-0.05, 0) is 44.2 Å². The molecule has 0 aliphatic carbocycles. The quantitative estimate of drug-likeness (QED) is 0.845. The van der Waals surface area contributed by atoms with E-state index in [1.807, 2.05) is 28.1 Å². The van der Waals surface area contributed by atoms with Gasteiger partial charge in [-0.2, -0.15) is 0 Å². The molecule has 6 heteroatoms. The second kappa shape index (κ2) is 8.99. The number of amides is 2. The lowest BCUT2D eigenvalue weighted by Crippen LogP contribution is -2.53. The van der Waals surface area contributed by atoms with E-state index in [2.05, 4.69) is 28.9 Å². The summed E-state index contributed by atoms with van der Waals surface area (Å²) in [6.07, 6.45) is 6.77. The smallest absolute Gasteiger partial charge is 0.236 e. The van der Waals surface area contributed by atoms with Crippen molar-refractivity contribution in [3.05, 3.63) is 36.0 Å². The van der Waals surface area contributed by atoms with Gasteiger partial charge in [-0.3, -0.25) is 14.5 Å². The molecule has 2 saturated heterocycles. The van der Waals surface area contributed by atoms with Gasteiger partial charge in [0.15, 0.2) is 0 Å². The predicted molar refractivity (Wildman–Crippen MR) is 115 cm³/mol. The molecular weight excluding hydrogens is 364 g/mol. The molecule has 0 radical (unpaired) electrons. The molecule has 1 unspecified atom stereocenters. The van der Waals surface area contributed by atoms with E-state index in [0.29, 0.717) is 19.0 Å². The van der Waals surface area contributed by atoms with Crippen LogP contribution in [0, 0.1) is 0 Å². The second-order valence-electron chi connectivity index (χ2n) is 8.45. The minimum atomic E-state index is 0.214. The van der Waals surface area contributed by atoms with E-state index in [4.69, 9.17) is 0 Å². The number of carbonyl (C=O) groups excluding carboxylic acids is 2. The zero-order valence-corrected chi connectivity index (χ0v) is 17.4. The summed E-state index contributed by atoms with van der Waals surface area (Å²) in [5.74, 6) is 0.460. The van der Waals surface area contributed by atoms with Crippen LogP contribution in [-0.2, 0) is 16.0 Å². The van der Waals surface area contributed by atoms with E-state index in [0.717, 1.165) is 57.5 Å². The second-order valence-corrected chi connectivity index (χ2v) is 8.45. The fourth-order valence-corrected chi connectivity index (χ4v) is 4.64. The predicted octanol–water partition coefficient (Wildman–Crippen LogP) is 2.65. The molecule has 1 aromatic heterocycles. The fourth-order valence-electron chi connectivity index (χ4n) is 4.64. The Labute approximate surface area is 172 Å². The molecule has 156 valence electrons. The van der Waals surface area contributed by atoms with E-state index >= 15 is 0 Å². The van der Waals surface area contributed by atoms with Crippen molar-refractivity contribution in [3.63, 3.8) is 0 Å². The lowest BCUT2D eigenvalue weighted by molar-refractivity contribution is -0.137. The van der Waals surface area contributed by atoms with Crippen LogP contribution in [0.4, 0.5) is 0 Å². The number of carbonyl (C=O) groups is 2. The Morgan fingerprint density at radius 3 is 2.62 bits per heavy atom. The van der Waals surface area contributed by atoms with E-state index in [1.165, 1.54) is 17.4 Å². The van der Waals surface area contributed by atoms with Crippen molar-refractivity contribution < 1.29 is 9.59 Å². The monoisotopic (exact) mass is 396 g/mol. The molecule has 2 aliphatic heterocycles. The number of hydrogen-bond donors (Lipinski definition) is 1. The first kappa shape index (κ1) is 20.0. The standard InChI is InChI=1S/C23H32N4O2/c1-18-6-4-5-11-27(18)23(29)17-25-12-14-26(15-13-25)22(28)10-9-19-16-24-21-8-3-2-7-20(19)21/h2-3,7-8,16,18,24H,4-6,9-15,17H2,1H3. The summed E-state index contributed by atoms with van der Waals surface area (Å²) in [5, 5.41) is 1.20. The Bertz CT molecular complexity index is 853. The molecule has 0 saturated carbocycles. The maximum Gasteiger partial charge on any atom is 0.236 e. The summed E-state index contributed by atoms with van der Waals surface area (Å²) in [4.78, 5) is 34.8. The van der Waals surface area contributed by atoms with E-state index < -0.39 is 0 Å². The Morgan fingerprint density at radius 2 is 1.83 bits per heavy atom. The highest BCUT2D eigenvalue weighted by Crippen LogP contribution is 2.20. The maximum atomic E-state index is 12.7. The number of nitrogens with zero attached hydrogens (tertiary/aromatic N) is 3. The molecule has 0 spiro atoms. The van der Waals surface area contributed by atoms with Crippen molar-refractivity contribution in [3.8, 4) is 0 Å². The van der Waals surface area contributed by atoms with E-state index in [-0.39, 0.29) is 11.8 Å². The molecule has 1 N–H and O–H groups in total. The number of hydrogen-bond acceptors (Lipinski definition) is 3. The molecule has 3 heterocycles. The van der Waals surface area contributed by atoms with Gasteiger partial charge in [0.2, 0.25) is 11.8 Å². The molecule has 2 aromatic rings. The number of piperidine rings is 1. The summed E-state index contributed by atoms with van der Waals surface area (Å²) in [7, 11) is 0. The molecular formula is C23H32N4O2. The fraction of sp³-hybridized carbons (Fsp3) is 0.565. The third-order valence-electron chi connectivity index (χ3n) is 6.49. The Balaban J connectivity index is 1.23. The maximum absolute atomic E-state index is 12.7. The zero-order valence-electron chi connectivity index (χ0n) is 17.4. The number of aryl methyl sites for hydroxylation is 1. The molecule has 6 nitrogen and oxygen atoms in total. The van der Waals surface area contributed by atoms with Crippen LogP contribution in [0.15, 0.2) is 30.5 Å². The van der Waals surface area contributed by atoms with Crippen LogP contribution >= 0.6 is 0 Å². The first-order chi connectivity index (χ1) is 14.1. The van der Waals surface area contributed by atoms with Gasteiger partial charge < -0.3 is 14.8 Å². The van der Waals surface area contributed by atoms with Crippen LogP contribution in [0.3, 0.4) is 0 Å². The number of likely N-dealkylation sites (tertiary alicyclic amines) is 1. The molecule has 1 atom stereocenters. The van der Waals surface area contributed by atoms with Crippen molar-refractivity contribution in [1.82, 2.24) is 19.7 Å². The van der Waals surface area contributed by atoms with Crippen LogP contribution < -0.4 is 0 Å². The first-order valence-electron chi connectivity index (χ1n) is 11.0. The first-order valence-corrected chi connectivity index (χ1v) is 11.0. The van der Waals surface area contributed by atoms with Crippen molar-refractivity contribution in [1.29, 1.82) is 0 Å². The van der Waals surface area contributed by atoms with Gasteiger partial charge in [-0.15, -0.1) is 0 Å². The number of benzene rings is 1. The highest BCUT2D eigenvalue weighted by Gasteiger charge is 2.27. The summed E-state index contributed by atoms with van der Waals surface area (Å²) in [6.45, 7) is 6.54. The average Bonchev–Trinajstić information content (AvgIpc) is 3.16. The third-order valence-corrected chi connectivity index (χ3v) is 6.49. The SMILES string of the molecule is CC1CCCCN1C(=O)CN1CCN(C(=O)CCc2c[nH]c3ccccc23)CC1. The van der Waals surface area contributed by atoms with Crippen LogP contribution in [0.2, 0.25) is 0 Å². The van der Waals surface area contributed by atoms with Gasteiger partial charge in [0.1, 0.15) is 0 Å². The van der Waals surface area contributed by atoms with E-state index in [9.17, 15) is 9.59 Å². The lowest BCUT2D eigenvalue weighted by atomic mass is 10.0. The zero-order chi connectivity index (χ0) is 20.2. The molecule has 1 aromatic carbocycles. The Hall–Kier alpha value is -2.34. The number of H-pyrrole nitrogens is 1. The van der Waals surface area contributed by atoms with E-state index in [1.54, 1.807) is 0 Å². The number of fused-ring (bicyclic) bond motifs is 1. The number of aromatic amines is 1. The molecule has 29 heavy (non-hydrogen) atoms. The molecule has 4 rings (SSSR count). The highest BCUT2D eigenvalue weighted by atomic mass is 16.2. The number of piperazine rings is 1. The number of rotatable bonds is 5. The van der Waals surface area contributed by atoms with Gasteiger partial charge in [0.25, 0.3) is 0 Å². The lowest BCUT2D eigenvalue weighted by Gasteiger charge is -2.38.